The first-order valence-corrected chi connectivity index (χ1v) is 18.9. The summed E-state index contributed by atoms with van der Waals surface area (Å²) in [6, 6.07) is 53.4. The third-order valence-corrected chi connectivity index (χ3v) is 10.7. The van der Waals surface area contributed by atoms with E-state index in [-0.39, 0.29) is 0 Å². The molecular weight excluding hydrogens is 667 g/mol. The van der Waals surface area contributed by atoms with Crippen LogP contribution in [-0.4, -0.2) is 10.8 Å². The van der Waals surface area contributed by atoms with Gasteiger partial charge in [0, 0.05) is 44.9 Å². The van der Waals surface area contributed by atoms with E-state index in [0.29, 0.717) is 0 Å². The molecule has 0 bridgehead atoms. The van der Waals surface area contributed by atoms with Gasteiger partial charge in [0.05, 0.1) is 28.1 Å². The highest BCUT2D eigenvalue weighted by Crippen LogP contribution is 2.53. The number of para-hydroxylation sites is 1. The Hall–Kier alpha value is -6.97. The van der Waals surface area contributed by atoms with Crippen molar-refractivity contribution in [2.24, 2.45) is 4.99 Å². The summed E-state index contributed by atoms with van der Waals surface area (Å²) in [6.07, 6.45) is 12.1. The molecule has 0 amide bonds. The van der Waals surface area contributed by atoms with Gasteiger partial charge in [-0.05, 0) is 115 Å². The van der Waals surface area contributed by atoms with Gasteiger partial charge in [0.1, 0.15) is 0 Å². The highest BCUT2D eigenvalue weighted by atomic mass is 15.2. The van der Waals surface area contributed by atoms with E-state index < -0.39 is 0 Å². The predicted molar refractivity (Wildman–Crippen MR) is 238 cm³/mol. The Balaban J connectivity index is 1.40. The zero-order valence-electron chi connectivity index (χ0n) is 31.4. The molecule has 264 valence electrons. The Morgan fingerprint density at radius 3 is 2.09 bits per heavy atom. The second-order valence-corrected chi connectivity index (χ2v) is 13.9. The predicted octanol–water partition coefficient (Wildman–Crippen LogP) is 14.7. The zero-order chi connectivity index (χ0) is 37.5. The number of benzene rings is 7. The molecule has 7 aromatic carbocycles. The third-order valence-electron chi connectivity index (χ3n) is 10.7. The molecule has 0 atom stereocenters. The first kappa shape index (κ1) is 33.8. The van der Waals surface area contributed by atoms with Gasteiger partial charge in [-0.2, -0.15) is 0 Å². The molecule has 8 aromatic rings. The van der Waals surface area contributed by atoms with Gasteiger partial charge < -0.3 is 9.47 Å². The van der Waals surface area contributed by atoms with Crippen LogP contribution in [0.1, 0.15) is 31.9 Å². The van der Waals surface area contributed by atoms with Gasteiger partial charge in [0.2, 0.25) is 0 Å². The maximum atomic E-state index is 4.71. The summed E-state index contributed by atoms with van der Waals surface area (Å²) in [7, 11) is 0. The molecule has 3 nitrogen and oxygen atoms in total. The van der Waals surface area contributed by atoms with E-state index in [0.717, 1.165) is 39.4 Å². The number of aromatic nitrogens is 1. The Kier molecular flexibility index (Phi) is 8.68. The first-order chi connectivity index (χ1) is 27.1. The fraction of sp³-hybridized carbons (Fsp3) is 0.0577. The van der Waals surface area contributed by atoms with Crippen LogP contribution in [-0.2, 0) is 0 Å². The molecule has 1 aromatic heterocycles. The normalized spacial score (nSPS) is 13.1. The van der Waals surface area contributed by atoms with Crippen LogP contribution < -0.4 is 4.90 Å². The molecule has 0 radical (unpaired) electrons. The monoisotopic (exact) mass is 707 g/mol. The van der Waals surface area contributed by atoms with E-state index >= 15 is 0 Å². The fourth-order valence-corrected chi connectivity index (χ4v) is 8.30. The Labute approximate surface area is 322 Å². The first-order valence-electron chi connectivity index (χ1n) is 18.9. The van der Waals surface area contributed by atoms with Crippen molar-refractivity contribution in [2.45, 2.75) is 20.8 Å². The molecule has 0 saturated heterocycles. The second kappa shape index (κ2) is 14.1. The van der Waals surface area contributed by atoms with Crippen LogP contribution >= 0.6 is 0 Å². The van der Waals surface area contributed by atoms with Crippen LogP contribution in [0.3, 0.4) is 0 Å². The highest BCUT2D eigenvalue weighted by molar-refractivity contribution is 6.19. The van der Waals surface area contributed by atoms with Crippen LogP contribution in [0.5, 0.6) is 0 Å². The minimum Gasteiger partial charge on any atom is -0.309 e. The van der Waals surface area contributed by atoms with E-state index in [4.69, 9.17) is 4.99 Å². The second-order valence-electron chi connectivity index (χ2n) is 13.9. The molecule has 1 aliphatic heterocycles. The maximum absolute atomic E-state index is 4.71. The number of hydrogen-bond acceptors (Lipinski definition) is 2. The molecule has 0 fully saturated rings. The summed E-state index contributed by atoms with van der Waals surface area (Å²) in [4.78, 5) is 7.20. The summed E-state index contributed by atoms with van der Waals surface area (Å²) in [5, 5.41) is 4.86. The topological polar surface area (TPSA) is 20.5 Å². The minimum atomic E-state index is 0.915. The summed E-state index contributed by atoms with van der Waals surface area (Å²) in [5.41, 5.74) is 16.0. The highest BCUT2D eigenvalue weighted by Gasteiger charge is 2.29. The number of allylic oxidation sites excluding steroid dienone is 6. The Morgan fingerprint density at radius 1 is 0.582 bits per heavy atom. The molecule has 9 rings (SSSR count). The maximum Gasteiger partial charge on any atom is 0.0659 e. The summed E-state index contributed by atoms with van der Waals surface area (Å²) < 4.78 is 2.41. The van der Waals surface area contributed by atoms with E-state index in [2.05, 4.69) is 200 Å². The van der Waals surface area contributed by atoms with Crippen LogP contribution in [0.15, 0.2) is 188 Å². The minimum absolute atomic E-state index is 0.915. The number of aliphatic imine (C=N–C) groups is 1. The van der Waals surface area contributed by atoms with E-state index in [1.54, 1.807) is 12.3 Å². The number of anilines is 3. The van der Waals surface area contributed by atoms with Crippen molar-refractivity contribution < 1.29 is 0 Å². The number of fused-ring (bicyclic) bond motifs is 5. The molecule has 1 aliphatic rings. The van der Waals surface area contributed by atoms with Gasteiger partial charge in [-0.15, -0.1) is 0 Å². The van der Waals surface area contributed by atoms with E-state index in [9.17, 15) is 0 Å². The van der Waals surface area contributed by atoms with Crippen LogP contribution in [0, 0.1) is 0 Å². The van der Waals surface area contributed by atoms with E-state index in [1.807, 2.05) is 6.92 Å². The third kappa shape index (κ3) is 5.73. The van der Waals surface area contributed by atoms with Gasteiger partial charge in [-0.25, -0.2) is 0 Å². The molecule has 0 aliphatic carbocycles. The quantitative estimate of drug-likeness (QED) is 0.114. The standard InChI is InChI=1S/C52H41N3/c1-5-17-35(7-3)39-29-40(36-18-11-9-12-19-36)31-42(30-39)55-49-25-16-21-37-20-15-24-43(52(37)49)45-33-46-44-32-38(47(8-4)53-28-6-2)26-27-48(44)54(51(46)34-50(45)55)41-22-13-10-14-23-41/h5-34H,2H2,1,3-4H3/b17-5-,35-7+,47-8-,53-28?. The van der Waals surface area contributed by atoms with Gasteiger partial charge in [-0.1, -0.05) is 122 Å². The van der Waals surface area contributed by atoms with Crippen molar-refractivity contribution in [1.82, 2.24) is 4.57 Å². The smallest absolute Gasteiger partial charge is 0.0659 e. The van der Waals surface area contributed by atoms with Crippen LogP contribution in [0.4, 0.5) is 17.1 Å². The summed E-state index contributed by atoms with van der Waals surface area (Å²) in [5.74, 6) is 0. The molecule has 0 N–H and O–H groups in total. The Morgan fingerprint density at radius 2 is 1.35 bits per heavy atom. The lowest BCUT2D eigenvalue weighted by Crippen LogP contribution is -2.15. The Bertz CT molecular complexity index is 2900. The van der Waals surface area contributed by atoms with E-state index in [1.165, 1.54) is 60.6 Å². The SMILES string of the molecule is C=CC=N/C(=C\C)c1ccc2c(c1)c1cc3c(cc1n2-c1ccccc1)N(c1cc(C(/C=C\C)=C/C)cc(-c2ccccc2)c1)c1cccc2cccc-3c12. The molecule has 0 spiro atoms. The summed E-state index contributed by atoms with van der Waals surface area (Å²) in [6.45, 7) is 10.1. The van der Waals surface area contributed by atoms with Crippen LogP contribution in [0.25, 0.3) is 71.8 Å². The van der Waals surface area contributed by atoms with Crippen molar-refractivity contribution in [3.63, 3.8) is 0 Å². The molecule has 0 unspecified atom stereocenters. The average molecular weight is 708 g/mol. The summed E-state index contributed by atoms with van der Waals surface area (Å²) >= 11 is 0. The van der Waals surface area contributed by atoms with Crippen molar-refractivity contribution >= 4 is 67.1 Å². The largest absolute Gasteiger partial charge is 0.309 e. The lowest BCUT2D eigenvalue weighted by Gasteiger charge is -2.34. The van der Waals surface area contributed by atoms with Gasteiger partial charge in [-0.3, -0.25) is 4.99 Å². The molecular formula is C52H41N3. The zero-order valence-corrected chi connectivity index (χ0v) is 31.4. The van der Waals surface area contributed by atoms with Crippen molar-refractivity contribution in [3.8, 4) is 27.9 Å². The van der Waals surface area contributed by atoms with Crippen LogP contribution in [0.2, 0.25) is 0 Å². The van der Waals surface area contributed by atoms with Gasteiger partial charge in [0.25, 0.3) is 0 Å². The number of nitrogens with zero attached hydrogens (tertiary/aromatic N) is 3. The van der Waals surface area contributed by atoms with Gasteiger partial charge >= 0.3 is 0 Å². The average Bonchev–Trinajstić information content (AvgIpc) is 3.55. The van der Waals surface area contributed by atoms with Gasteiger partial charge in [0.15, 0.2) is 0 Å². The number of rotatable bonds is 8. The lowest BCUT2D eigenvalue weighted by molar-refractivity contribution is 1.18. The molecule has 0 saturated carbocycles. The fourth-order valence-electron chi connectivity index (χ4n) is 8.30. The molecule has 55 heavy (non-hydrogen) atoms. The molecule has 2 heterocycles. The van der Waals surface area contributed by atoms with Crippen molar-refractivity contribution in [1.29, 1.82) is 0 Å². The number of hydrogen-bond donors (Lipinski definition) is 0. The lowest BCUT2D eigenvalue weighted by atomic mass is 9.89. The molecule has 3 heteroatoms. The van der Waals surface area contributed by atoms with Crippen molar-refractivity contribution in [2.75, 3.05) is 4.90 Å². The van der Waals surface area contributed by atoms with Crippen molar-refractivity contribution in [3.05, 3.63) is 194 Å².